The van der Waals surface area contributed by atoms with E-state index in [-0.39, 0.29) is 17.2 Å². The van der Waals surface area contributed by atoms with Crippen LogP contribution in [0.1, 0.15) is 5.56 Å². The van der Waals surface area contributed by atoms with Gasteiger partial charge in [-0.05, 0) is 52.7 Å². The van der Waals surface area contributed by atoms with Gasteiger partial charge in [0.2, 0.25) is 11.7 Å². The first kappa shape index (κ1) is 20.4. The Balaban J connectivity index is 1.66. The molecule has 0 saturated heterocycles. The number of fused-ring (bicyclic) bond motifs is 3. The van der Waals surface area contributed by atoms with Crippen LogP contribution in [0.2, 0.25) is 0 Å². The molecule has 2 aromatic heterocycles. The number of rotatable bonds is 6. The van der Waals surface area contributed by atoms with E-state index in [1.807, 2.05) is 43.3 Å². The van der Waals surface area contributed by atoms with Crippen molar-refractivity contribution in [2.45, 2.75) is 18.6 Å². The number of aryl methyl sites for hydroxylation is 1. The second-order valence-electron chi connectivity index (χ2n) is 6.66. The monoisotopic (exact) mass is 483 g/mol. The first-order valence-electron chi connectivity index (χ1n) is 9.16. The van der Waals surface area contributed by atoms with Crippen LogP contribution in [-0.4, -0.2) is 30.8 Å². The molecule has 9 heteroatoms. The standard InChI is InChI=1S/C21H18BrN5O2S/c1-3-10-26-19(29)14-6-4-5-7-17(14)27-20(26)24-25-21(27)30-12-18(28)23-16-9-8-13(2)11-15(16)22/h3-9,11H,1,10,12H2,2H3,(H,23,28). The number of aromatic nitrogens is 4. The number of nitrogens with zero attached hydrogens (tertiary/aromatic N) is 4. The van der Waals surface area contributed by atoms with Crippen molar-refractivity contribution in [2.24, 2.45) is 0 Å². The number of amides is 1. The fraction of sp³-hybridized carbons (Fsp3) is 0.143. The largest absolute Gasteiger partial charge is 0.324 e. The normalized spacial score (nSPS) is 11.1. The molecule has 0 spiro atoms. The average molecular weight is 484 g/mol. The number of carbonyl (C=O) groups excluding carboxylic acids is 1. The highest BCUT2D eigenvalue weighted by molar-refractivity contribution is 9.10. The molecule has 0 unspecified atom stereocenters. The van der Waals surface area contributed by atoms with Crippen molar-refractivity contribution in [3.05, 3.63) is 75.5 Å². The minimum absolute atomic E-state index is 0.149. The van der Waals surface area contributed by atoms with Crippen molar-refractivity contribution in [3.8, 4) is 0 Å². The molecule has 1 N–H and O–H groups in total. The highest BCUT2D eigenvalue weighted by Crippen LogP contribution is 2.25. The Bertz CT molecular complexity index is 1340. The molecule has 0 atom stereocenters. The number of para-hydroxylation sites is 1. The van der Waals surface area contributed by atoms with Crippen LogP contribution in [0.25, 0.3) is 16.7 Å². The Morgan fingerprint density at radius 2 is 2.07 bits per heavy atom. The molecule has 1 amide bonds. The summed E-state index contributed by atoms with van der Waals surface area (Å²) in [6, 6.07) is 13.0. The summed E-state index contributed by atoms with van der Waals surface area (Å²) in [5.41, 5.74) is 2.36. The van der Waals surface area contributed by atoms with Crippen LogP contribution in [0, 0.1) is 6.92 Å². The summed E-state index contributed by atoms with van der Waals surface area (Å²) < 4.78 is 4.16. The number of carbonyl (C=O) groups is 1. The molecule has 152 valence electrons. The van der Waals surface area contributed by atoms with Crippen LogP contribution in [0.5, 0.6) is 0 Å². The van der Waals surface area contributed by atoms with Gasteiger partial charge in [0.05, 0.1) is 22.3 Å². The molecular weight excluding hydrogens is 466 g/mol. The van der Waals surface area contributed by atoms with E-state index in [4.69, 9.17) is 0 Å². The maximum atomic E-state index is 12.8. The quantitative estimate of drug-likeness (QED) is 0.330. The maximum Gasteiger partial charge on any atom is 0.263 e. The third-order valence-corrected chi connectivity index (χ3v) is 6.11. The summed E-state index contributed by atoms with van der Waals surface area (Å²) in [6.07, 6.45) is 1.64. The Morgan fingerprint density at radius 3 is 2.83 bits per heavy atom. The maximum absolute atomic E-state index is 12.8. The van der Waals surface area contributed by atoms with Crippen molar-refractivity contribution in [1.29, 1.82) is 0 Å². The molecule has 0 bridgehead atoms. The molecule has 2 aromatic carbocycles. The summed E-state index contributed by atoms with van der Waals surface area (Å²) in [5, 5.41) is 12.4. The van der Waals surface area contributed by atoms with E-state index in [1.54, 1.807) is 16.5 Å². The molecule has 7 nitrogen and oxygen atoms in total. The van der Waals surface area contributed by atoms with Crippen molar-refractivity contribution in [3.63, 3.8) is 0 Å². The molecule has 0 aliphatic carbocycles. The Labute approximate surface area is 184 Å². The molecule has 0 radical (unpaired) electrons. The molecule has 2 heterocycles. The van der Waals surface area contributed by atoms with E-state index in [0.717, 1.165) is 10.0 Å². The number of hydrogen-bond donors (Lipinski definition) is 1. The Kier molecular flexibility index (Phi) is 5.74. The number of hydrogen-bond acceptors (Lipinski definition) is 5. The van der Waals surface area contributed by atoms with Crippen molar-refractivity contribution < 1.29 is 4.79 Å². The molecule has 4 aromatic rings. The van der Waals surface area contributed by atoms with Crippen LogP contribution in [0.15, 0.2) is 69.5 Å². The van der Waals surface area contributed by atoms with Gasteiger partial charge in [-0.1, -0.05) is 36.0 Å². The van der Waals surface area contributed by atoms with Gasteiger partial charge in [0.1, 0.15) is 0 Å². The van der Waals surface area contributed by atoms with E-state index < -0.39 is 0 Å². The zero-order valence-corrected chi connectivity index (χ0v) is 18.5. The van der Waals surface area contributed by atoms with Crippen LogP contribution in [0.3, 0.4) is 0 Å². The summed E-state index contributed by atoms with van der Waals surface area (Å²) in [4.78, 5) is 25.3. The molecule has 0 fully saturated rings. The SMILES string of the molecule is C=CCn1c(=O)c2ccccc2n2c(SCC(=O)Nc3ccc(C)cc3Br)nnc12. The molecule has 0 saturated carbocycles. The third kappa shape index (κ3) is 3.78. The second kappa shape index (κ2) is 8.45. The highest BCUT2D eigenvalue weighted by Gasteiger charge is 2.17. The lowest BCUT2D eigenvalue weighted by Gasteiger charge is -2.10. The van der Waals surface area contributed by atoms with Crippen LogP contribution < -0.4 is 10.9 Å². The number of nitrogens with one attached hydrogen (secondary N) is 1. The molecule has 4 rings (SSSR count). The Morgan fingerprint density at radius 1 is 1.27 bits per heavy atom. The zero-order chi connectivity index (χ0) is 21.3. The molecule has 0 aliphatic heterocycles. The van der Waals surface area contributed by atoms with Gasteiger partial charge in [-0.3, -0.25) is 18.6 Å². The zero-order valence-electron chi connectivity index (χ0n) is 16.1. The van der Waals surface area contributed by atoms with Crippen LogP contribution >= 0.6 is 27.7 Å². The van der Waals surface area contributed by atoms with Gasteiger partial charge in [-0.15, -0.1) is 16.8 Å². The first-order chi connectivity index (χ1) is 14.5. The van der Waals surface area contributed by atoms with Crippen molar-refractivity contribution in [1.82, 2.24) is 19.2 Å². The van der Waals surface area contributed by atoms with Gasteiger partial charge in [-0.2, -0.15) is 0 Å². The van der Waals surface area contributed by atoms with Gasteiger partial charge < -0.3 is 5.32 Å². The topological polar surface area (TPSA) is 81.3 Å². The molecular formula is C21H18BrN5O2S. The van der Waals surface area contributed by atoms with E-state index in [9.17, 15) is 9.59 Å². The minimum Gasteiger partial charge on any atom is -0.324 e. The summed E-state index contributed by atoms with van der Waals surface area (Å²) in [5.74, 6) is 0.406. The smallest absolute Gasteiger partial charge is 0.263 e. The molecule has 0 aliphatic rings. The predicted molar refractivity (Wildman–Crippen MR) is 123 cm³/mol. The van der Waals surface area contributed by atoms with E-state index in [0.29, 0.717) is 34.1 Å². The first-order valence-corrected chi connectivity index (χ1v) is 10.9. The second-order valence-corrected chi connectivity index (χ2v) is 8.46. The van der Waals surface area contributed by atoms with Crippen molar-refractivity contribution in [2.75, 3.05) is 11.1 Å². The third-order valence-electron chi connectivity index (χ3n) is 4.52. The highest BCUT2D eigenvalue weighted by atomic mass is 79.9. The van der Waals surface area contributed by atoms with E-state index in [1.165, 1.54) is 16.3 Å². The lowest BCUT2D eigenvalue weighted by molar-refractivity contribution is -0.113. The fourth-order valence-corrected chi connectivity index (χ4v) is 4.49. The van der Waals surface area contributed by atoms with Gasteiger partial charge in [0.25, 0.3) is 5.56 Å². The van der Waals surface area contributed by atoms with E-state index >= 15 is 0 Å². The summed E-state index contributed by atoms with van der Waals surface area (Å²) >= 11 is 4.73. The number of thioether (sulfide) groups is 1. The van der Waals surface area contributed by atoms with Gasteiger partial charge in [-0.25, -0.2) is 0 Å². The number of benzene rings is 2. The van der Waals surface area contributed by atoms with Gasteiger partial charge in [0.15, 0.2) is 5.16 Å². The predicted octanol–water partition coefficient (Wildman–Crippen LogP) is 4.03. The van der Waals surface area contributed by atoms with Gasteiger partial charge >= 0.3 is 0 Å². The minimum atomic E-state index is -0.162. The van der Waals surface area contributed by atoms with Crippen LogP contribution in [0.4, 0.5) is 5.69 Å². The Hall–Kier alpha value is -2.91. The average Bonchev–Trinajstić information content (AvgIpc) is 3.16. The lowest BCUT2D eigenvalue weighted by atomic mass is 10.2. The summed E-state index contributed by atoms with van der Waals surface area (Å²) in [7, 11) is 0. The fourth-order valence-electron chi connectivity index (χ4n) is 3.16. The lowest BCUT2D eigenvalue weighted by Crippen LogP contribution is -2.22. The van der Waals surface area contributed by atoms with Crippen molar-refractivity contribution >= 4 is 56.0 Å². The van der Waals surface area contributed by atoms with Crippen LogP contribution in [-0.2, 0) is 11.3 Å². The van der Waals surface area contributed by atoms with Gasteiger partial charge in [0, 0.05) is 11.0 Å². The number of allylic oxidation sites excluding steroid dienone is 1. The summed E-state index contributed by atoms with van der Waals surface area (Å²) in [6.45, 7) is 6.03. The van der Waals surface area contributed by atoms with E-state index in [2.05, 4.69) is 38.0 Å². The number of anilines is 1. The molecule has 30 heavy (non-hydrogen) atoms. The number of halogens is 1.